The Balaban J connectivity index is 2.38. The lowest BCUT2D eigenvalue weighted by atomic mass is 10.1. The van der Waals surface area contributed by atoms with Gasteiger partial charge in [-0.1, -0.05) is 0 Å². The Morgan fingerprint density at radius 3 is 2.57 bits per heavy atom. The Bertz CT molecular complexity index is 644. The minimum absolute atomic E-state index is 0.241. The van der Waals surface area contributed by atoms with Crippen molar-refractivity contribution in [2.75, 3.05) is 20.1 Å². The zero-order valence-electron chi connectivity index (χ0n) is 11.5. The van der Waals surface area contributed by atoms with Gasteiger partial charge in [0.2, 0.25) is 10.0 Å². The summed E-state index contributed by atoms with van der Waals surface area (Å²) in [6, 6.07) is 2.28. The van der Waals surface area contributed by atoms with Crippen LogP contribution in [0.5, 0.6) is 0 Å². The first-order chi connectivity index (χ1) is 9.84. The summed E-state index contributed by atoms with van der Waals surface area (Å²) < 4.78 is 39.9. The highest BCUT2D eigenvalue weighted by molar-refractivity contribution is 7.89. The molecule has 0 saturated carbocycles. The van der Waals surface area contributed by atoms with Crippen LogP contribution in [0, 0.1) is 15.9 Å². The zero-order chi connectivity index (χ0) is 15.6. The molecule has 1 aliphatic heterocycles. The summed E-state index contributed by atoms with van der Waals surface area (Å²) in [5, 5.41) is 13.8. The van der Waals surface area contributed by atoms with Gasteiger partial charge in [-0.2, -0.15) is 4.31 Å². The Kier molecular flexibility index (Phi) is 4.55. The van der Waals surface area contributed by atoms with Gasteiger partial charge in [0, 0.05) is 25.2 Å². The molecule has 7 nitrogen and oxygen atoms in total. The number of hydrogen-bond donors (Lipinski definition) is 1. The second kappa shape index (κ2) is 6.04. The molecule has 1 fully saturated rings. The third kappa shape index (κ3) is 3.20. The Morgan fingerprint density at radius 1 is 1.38 bits per heavy atom. The predicted molar refractivity (Wildman–Crippen MR) is 73.9 cm³/mol. The molecule has 1 aromatic rings. The van der Waals surface area contributed by atoms with Crippen LogP contribution in [-0.4, -0.2) is 43.8 Å². The highest BCUT2D eigenvalue weighted by Crippen LogP contribution is 2.26. The third-order valence-corrected chi connectivity index (χ3v) is 5.53. The van der Waals surface area contributed by atoms with Gasteiger partial charge in [-0.3, -0.25) is 10.1 Å². The number of benzene rings is 1. The Morgan fingerprint density at radius 2 is 2.00 bits per heavy atom. The SMILES string of the molecule is CN(C1CCNCC1)S(=O)(=O)c1cc([N+](=O)[O-])ccc1F. The van der Waals surface area contributed by atoms with E-state index < -0.39 is 31.3 Å². The molecule has 1 aliphatic rings. The zero-order valence-corrected chi connectivity index (χ0v) is 12.3. The van der Waals surface area contributed by atoms with Gasteiger partial charge >= 0.3 is 0 Å². The standard InChI is InChI=1S/C12H16FN3O4S/c1-15(9-4-6-14-7-5-9)21(19,20)12-8-10(16(17)18)2-3-11(12)13/h2-3,8-9,14H,4-7H2,1H3. The molecule has 0 amide bonds. The van der Waals surface area contributed by atoms with E-state index in [1.54, 1.807) is 0 Å². The molecule has 0 aromatic heterocycles. The summed E-state index contributed by atoms with van der Waals surface area (Å²) in [6.45, 7) is 1.36. The number of nitrogens with zero attached hydrogens (tertiary/aromatic N) is 2. The normalized spacial score (nSPS) is 17.1. The van der Waals surface area contributed by atoms with Crippen molar-refractivity contribution in [1.82, 2.24) is 9.62 Å². The summed E-state index contributed by atoms with van der Waals surface area (Å²) in [4.78, 5) is 9.33. The fourth-order valence-corrected chi connectivity index (χ4v) is 3.82. The molecule has 0 radical (unpaired) electrons. The maximum absolute atomic E-state index is 13.8. The minimum atomic E-state index is -4.10. The van der Waals surface area contributed by atoms with Crippen LogP contribution in [0.3, 0.4) is 0 Å². The van der Waals surface area contributed by atoms with Crippen LogP contribution in [-0.2, 0) is 10.0 Å². The number of nitro benzene ring substituents is 1. The fourth-order valence-electron chi connectivity index (χ4n) is 2.32. The number of halogens is 1. The van der Waals surface area contributed by atoms with Gasteiger partial charge in [0.15, 0.2) is 0 Å². The van der Waals surface area contributed by atoms with Crippen molar-refractivity contribution in [3.63, 3.8) is 0 Å². The topological polar surface area (TPSA) is 92.6 Å². The van der Waals surface area contributed by atoms with Crippen molar-refractivity contribution < 1.29 is 17.7 Å². The number of sulfonamides is 1. The molecule has 116 valence electrons. The summed E-state index contributed by atoms with van der Waals surface area (Å²) >= 11 is 0. The molecule has 21 heavy (non-hydrogen) atoms. The molecule has 1 N–H and O–H groups in total. The van der Waals surface area contributed by atoms with E-state index in [9.17, 15) is 22.9 Å². The van der Waals surface area contributed by atoms with Gasteiger partial charge in [0.1, 0.15) is 10.7 Å². The van der Waals surface area contributed by atoms with Gasteiger partial charge in [0.05, 0.1) is 4.92 Å². The van der Waals surface area contributed by atoms with E-state index in [0.29, 0.717) is 25.9 Å². The largest absolute Gasteiger partial charge is 0.317 e. The Labute approximate surface area is 122 Å². The van der Waals surface area contributed by atoms with Gasteiger partial charge in [-0.15, -0.1) is 0 Å². The van der Waals surface area contributed by atoms with Crippen molar-refractivity contribution in [2.24, 2.45) is 0 Å². The lowest BCUT2D eigenvalue weighted by Crippen LogP contribution is -2.44. The van der Waals surface area contributed by atoms with Gasteiger partial charge in [0.25, 0.3) is 5.69 Å². The van der Waals surface area contributed by atoms with Crippen molar-refractivity contribution in [3.8, 4) is 0 Å². The molecule has 0 bridgehead atoms. The first-order valence-electron chi connectivity index (χ1n) is 6.46. The smallest absolute Gasteiger partial charge is 0.270 e. The quantitative estimate of drug-likeness (QED) is 0.663. The maximum atomic E-state index is 13.8. The third-order valence-electron chi connectivity index (χ3n) is 3.61. The second-order valence-electron chi connectivity index (χ2n) is 4.87. The van der Waals surface area contributed by atoms with Gasteiger partial charge < -0.3 is 5.32 Å². The Hall–Kier alpha value is -1.58. The van der Waals surface area contributed by atoms with Crippen LogP contribution in [0.25, 0.3) is 0 Å². The van der Waals surface area contributed by atoms with E-state index in [1.807, 2.05) is 0 Å². The lowest BCUT2D eigenvalue weighted by Gasteiger charge is -2.30. The number of nitrogens with one attached hydrogen (secondary N) is 1. The van der Waals surface area contributed by atoms with Crippen molar-refractivity contribution in [2.45, 2.75) is 23.8 Å². The molecule has 1 aromatic carbocycles. The number of nitro groups is 1. The van der Waals surface area contributed by atoms with Crippen LogP contribution in [0.4, 0.5) is 10.1 Å². The van der Waals surface area contributed by atoms with Crippen LogP contribution < -0.4 is 5.32 Å². The van der Waals surface area contributed by atoms with Crippen LogP contribution in [0.2, 0.25) is 0 Å². The second-order valence-corrected chi connectivity index (χ2v) is 6.84. The molecule has 1 heterocycles. The number of non-ortho nitro benzene ring substituents is 1. The molecular formula is C12H16FN3O4S. The van der Waals surface area contributed by atoms with Crippen molar-refractivity contribution in [1.29, 1.82) is 0 Å². The highest BCUT2D eigenvalue weighted by atomic mass is 32.2. The number of rotatable bonds is 4. The summed E-state index contributed by atoms with van der Waals surface area (Å²) in [6.07, 6.45) is 1.23. The average Bonchev–Trinajstić information content (AvgIpc) is 2.47. The van der Waals surface area contributed by atoms with Crippen LogP contribution in [0.1, 0.15) is 12.8 Å². The van der Waals surface area contributed by atoms with Crippen LogP contribution >= 0.6 is 0 Å². The van der Waals surface area contributed by atoms with E-state index >= 15 is 0 Å². The van der Waals surface area contributed by atoms with Crippen LogP contribution in [0.15, 0.2) is 23.1 Å². The van der Waals surface area contributed by atoms with E-state index in [1.165, 1.54) is 7.05 Å². The minimum Gasteiger partial charge on any atom is -0.317 e. The summed E-state index contributed by atoms with van der Waals surface area (Å²) in [5.41, 5.74) is -0.450. The fraction of sp³-hybridized carbons (Fsp3) is 0.500. The molecule has 0 unspecified atom stereocenters. The molecule has 9 heteroatoms. The van der Waals surface area contributed by atoms with Crippen molar-refractivity contribution in [3.05, 3.63) is 34.1 Å². The average molecular weight is 317 g/mol. The summed E-state index contributed by atoms with van der Waals surface area (Å²) in [7, 11) is -2.72. The van der Waals surface area contributed by atoms with Gasteiger partial charge in [-0.25, -0.2) is 12.8 Å². The molecular weight excluding hydrogens is 301 g/mol. The highest BCUT2D eigenvalue weighted by Gasteiger charge is 2.32. The van der Waals surface area contributed by atoms with Gasteiger partial charge in [-0.05, 0) is 32.0 Å². The van der Waals surface area contributed by atoms with E-state index in [4.69, 9.17) is 0 Å². The molecule has 2 rings (SSSR count). The summed E-state index contributed by atoms with van der Waals surface area (Å²) in [5.74, 6) is -0.985. The number of hydrogen-bond acceptors (Lipinski definition) is 5. The first kappa shape index (κ1) is 15.8. The predicted octanol–water partition coefficient (Wildman–Crippen LogP) is 1.11. The number of piperidine rings is 1. The molecule has 0 atom stereocenters. The monoisotopic (exact) mass is 317 g/mol. The molecule has 0 aliphatic carbocycles. The maximum Gasteiger partial charge on any atom is 0.270 e. The van der Waals surface area contributed by atoms with E-state index in [-0.39, 0.29) is 6.04 Å². The van der Waals surface area contributed by atoms with Crippen molar-refractivity contribution >= 4 is 15.7 Å². The van der Waals surface area contributed by atoms with E-state index in [2.05, 4.69) is 5.32 Å². The molecule has 1 saturated heterocycles. The molecule has 0 spiro atoms. The first-order valence-corrected chi connectivity index (χ1v) is 7.90. The lowest BCUT2D eigenvalue weighted by molar-refractivity contribution is -0.385. The van der Waals surface area contributed by atoms with E-state index in [0.717, 1.165) is 22.5 Å².